The summed E-state index contributed by atoms with van der Waals surface area (Å²) >= 11 is 0. The number of benzene rings is 2. The number of nitrogens with one attached hydrogen (secondary N) is 2. The topological polar surface area (TPSA) is 78.4 Å². The maximum Gasteiger partial charge on any atom is 0.299 e. The van der Waals surface area contributed by atoms with Crippen molar-refractivity contribution in [3.8, 4) is 0 Å². The molecule has 0 saturated carbocycles. The third kappa shape index (κ3) is 4.92. The lowest BCUT2D eigenvalue weighted by atomic mass is 10.0. The van der Waals surface area contributed by atoms with Crippen molar-refractivity contribution >= 4 is 15.9 Å². The first kappa shape index (κ1) is 17.2. The second kappa shape index (κ2) is 7.41. The molecule has 23 heavy (non-hydrogen) atoms. The van der Waals surface area contributed by atoms with Crippen LogP contribution in [0.25, 0.3) is 0 Å². The van der Waals surface area contributed by atoms with Crippen LogP contribution in [0.15, 0.2) is 66.7 Å². The molecule has 0 aliphatic rings. The van der Waals surface area contributed by atoms with Gasteiger partial charge < -0.3 is 5.11 Å². The molecule has 122 valence electrons. The van der Waals surface area contributed by atoms with Crippen LogP contribution in [-0.4, -0.2) is 13.5 Å². The van der Waals surface area contributed by atoms with E-state index in [4.69, 9.17) is 0 Å². The molecule has 0 spiro atoms. The molecule has 0 aliphatic carbocycles. The monoisotopic (exact) mass is 332 g/mol. The van der Waals surface area contributed by atoms with Gasteiger partial charge in [-0.05, 0) is 24.1 Å². The van der Waals surface area contributed by atoms with E-state index in [1.807, 2.05) is 30.3 Å². The van der Waals surface area contributed by atoms with Crippen LogP contribution in [0.2, 0.25) is 0 Å². The fourth-order valence-corrected chi connectivity index (χ4v) is 2.95. The number of hydrogen-bond acceptors (Lipinski definition) is 3. The number of aliphatic hydroxyl groups is 1. The summed E-state index contributed by atoms with van der Waals surface area (Å²) < 4.78 is 29.3. The SMILES string of the molecule is C=C(C)C(O)c1ccccc1NS(=O)(=O)NCc1ccccc1. The Hall–Kier alpha value is -2.15. The third-order valence-electron chi connectivity index (χ3n) is 3.28. The van der Waals surface area contributed by atoms with Crippen molar-refractivity contribution in [1.82, 2.24) is 4.72 Å². The van der Waals surface area contributed by atoms with Crippen molar-refractivity contribution in [3.05, 3.63) is 77.9 Å². The molecule has 5 nitrogen and oxygen atoms in total. The molecule has 0 aliphatic heterocycles. The van der Waals surface area contributed by atoms with Gasteiger partial charge in [-0.1, -0.05) is 55.1 Å². The molecule has 0 fully saturated rings. The Morgan fingerprint density at radius 2 is 1.74 bits per heavy atom. The van der Waals surface area contributed by atoms with Gasteiger partial charge in [-0.3, -0.25) is 4.72 Å². The van der Waals surface area contributed by atoms with Crippen LogP contribution in [0.1, 0.15) is 24.2 Å². The molecule has 2 aromatic carbocycles. The van der Waals surface area contributed by atoms with E-state index in [-0.39, 0.29) is 6.54 Å². The zero-order chi connectivity index (χ0) is 16.9. The van der Waals surface area contributed by atoms with Gasteiger partial charge in [0.25, 0.3) is 10.2 Å². The van der Waals surface area contributed by atoms with Crippen molar-refractivity contribution in [3.63, 3.8) is 0 Å². The molecule has 0 aromatic heterocycles. The summed E-state index contributed by atoms with van der Waals surface area (Å²) in [4.78, 5) is 0. The van der Waals surface area contributed by atoms with E-state index >= 15 is 0 Å². The van der Waals surface area contributed by atoms with E-state index in [9.17, 15) is 13.5 Å². The van der Waals surface area contributed by atoms with Gasteiger partial charge in [-0.25, -0.2) is 0 Å². The van der Waals surface area contributed by atoms with Gasteiger partial charge in [0.15, 0.2) is 0 Å². The lowest BCUT2D eigenvalue weighted by molar-refractivity contribution is 0.217. The van der Waals surface area contributed by atoms with Crippen molar-refractivity contribution in [2.45, 2.75) is 19.6 Å². The maximum atomic E-state index is 12.2. The Morgan fingerprint density at radius 3 is 2.39 bits per heavy atom. The minimum Gasteiger partial charge on any atom is -0.384 e. The van der Waals surface area contributed by atoms with Gasteiger partial charge >= 0.3 is 0 Å². The van der Waals surface area contributed by atoms with E-state index in [0.717, 1.165) is 5.56 Å². The summed E-state index contributed by atoms with van der Waals surface area (Å²) in [7, 11) is -3.76. The fourth-order valence-electron chi connectivity index (χ4n) is 2.05. The highest BCUT2D eigenvalue weighted by atomic mass is 32.2. The highest BCUT2D eigenvalue weighted by Gasteiger charge is 2.17. The maximum absolute atomic E-state index is 12.2. The van der Waals surface area contributed by atoms with Gasteiger partial charge in [-0.2, -0.15) is 13.1 Å². The predicted molar refractivity (Wildman–Crippen MR) is 92.0 cm³/mol. The number of rotatable bonds is 7. The van der Waals surface area contributed by atoms with Gasteiger partial charge in [0, 0.05) is 12.1 Å². The summed E-state index contributed by atoms with van der Waals surface area (Å²) in [5, 5.41) is 10.1. The number of anilines is 1. The summed E-state index contributed by atoms with van der Waals surface area (Å²) in [6, 6.07) is 15.9. The number of hydrogen-bond donors (Lipinski definition) is 3. The highest BCUT2D eigenvalue weighted by Crippen LogP contribution is 2.27. The first-order valence-corrected chi connectivity index (χ1v) is 8.61. The van der Waals surface area contributed by atoms with E-state index in [0.29, 0.717) is 16.8 Å². The second-order valence-corrected chi connectivity index (χ2v) is 6.75. The van der Waals surface area contributed by atoms with Crippen LogP contribution < -0.4 is 9.44 Å². The molecule has 0 heterocycles. The lowest BCUT2D eigenvalue weighted by Crippen LogP contribution is -2.30. The summed E-state index contributed by atoms with van der Waals surface area (Å²) in [6.07, 6.45) is -0.928. The van der Waals surface area contributed by atoms with E-state index in [2.05, 4.69) is 16.0 Å². The zero-order valence-electron chi connectivity index (χ0n) is 12.9. The standard InChI is InChI=1S/C17H20N2O3S/c1-13(2)17(20)15-10-6-7-11-16(15)19-23(21,22)18-12-14-8-4-3-5-9-14/h3-11,17-20H,1,12H2,2H3. The molecule has 6 heteroatoms. The molecular formula is C17H20N2O3S. The minimum absolute atomic E-state index is 0.182. The van der Waals surface area contributed by atoms with Crippen molar-refractivity contribution in [2.24, 2.45) is 0 Å². The van der Waals surface area contributed by atoms with E-state index in [1.165, 1.54) is 0 Å². The van der Waals surface area contributed by atoms with Crippen LogP contribution in [0.4, 0.5) is 5.69 Å². The van der Waals surface area contributed by atoms with Gasteiger partial charge in [0.1, 0.15) is 6.10 Å². The Kier molecular flexibility index (Phi) is 5.54. The molecule has 1 atom stereocenters. The smallest absolute Gasteiger partial charge is 0.299 e. The Bertz CT molecular complexity index is 773. The molecule has 0 amide bonds. The molecular weight excluding hydrogens is 312 g/mol. The molecule has 2 aromatic rings. The Labute approximate surface area is 136 Å². The molecule has 0 radical (unpaired) electrons. The van der Waals surface area contributed by atoms with Gasteiger partial charge in [0.2, 0.25) is 0 Å². The second-order valence-electron chi connectivity index (χ2n) is 5.25. The van der Waals surface area contributed by atoms with Gasteiger partial charge in [0.05, 0.1) is 5.69 Å². The quantitative estimate of drug-likeness (QED) is 0.682. The van der Waals surface area contributed by atoms with Crippen LogP contribution in [0, 0.1) is 0 Å². The van der Waals surface area contributed by atoms with Crippen molar-refractivity contribution in [1.29, 1.82) is 0 Å². The van der Waals surface area contributed by atoms with E-state index < -0.39 is 16.3 Å². The minimum atomic E-state index is -3.76. The van der Waals surface area contributed by atoms with Crippen molar-refractivity contribution < 1.29 is 13.5 Å². The average Bonchev–Trinajstić information content (AvgIpc) is 2.53. The largest absolute Gasteiger partial charge is 0.384 e. The third-order valence-corrected chi connectivity index (χ3v) is 4.29. The predicted octanol–water partition coefficient (Wildman–Crippen LogP) is 2.74. The Balaban J connectivity index is 2.13. The van der Waals surface area contributed by atoms with Gasteiger partial charge in [-0.15, -0.1) is 0 Å². The molecule has 0 saturated heterocycles. The zero-order valence-corrected chi connectivity index (χ0v) is 13.7. The average molecular weight is 332 g/mol. The van der Waals surface area contributed by atoms with E-state index in [1.54, 1.807) is 31.2 Å². The molecule has 3 N–H and O–H groups in total. The summed E-state index contributed by atoms with van der Waals surface area (Å²) in [5.74, 6) is 0. The fraction of sp³-hybridized carbons (Fsp3) is 0.176. The molecule has 0 bridgehead atoms. The lowest BCUT2D eigenvalue weighted by Gasteiger charge is -2.17. The first-order valence-electron chi connectivity index (χ1n) is 7.13. The van der Waals surface area contributed by atoms with Crippen LogP contribution in [0.5, 0.6) is 0 Å². The Morgan fingerprint density at radius 1 is 1.13 bits per heavy atom. The van der Waals surface area contributed by atoms with Crippen LogP contribution >= 0.6 is 0 Å². The number of para-hydroxylation sites is 1. The number of aliphatic hydroxyl groups excluding tert-OH is 1. The highest BCUT2D eigenvalue weighted by molar-refractivity contribution is 7.90. The first-order chi connectivity index (χ1) is 10.9. The van der Waals surface area contributed by atoms with Crippen molar-refractivity contribution in [2.75, 3.05) is 4.72 Å². The molecule has 2 rings (SSSR count). The summed E-state index contributed by atoms with van der Waals surface area (Å²) in [6.45, 7) is 5.57. The summed E-state index contributed by atoms with van der Waals surface area (Å²) in [5.41, 5.74) is 2.18. The van der Waals surface area contributed by atoms with Crippen LogP contribution in [0.3, 0.4) is 0 Å². The van der Waals surface area contributed by atoms with Crippen LogP contribution in [-0.2, 0) is 16.8 Å². The molecule has 1 unspecified atom stereocenters. The normalized spacial score (nSPS) is 12.6.